The normalized spacial score (nSPS) is 16.2. The van der Waals surface area contributed by atoms with Gasteiger partial charge in [-0.25, -0.2) is 0 Å². The summed E-state index contributed by atoms with van der Waals surface area (Å²) in [6.07, 6.45) is 1.21. The van der Waals surface area contributed by atoms with E-state index < -0.39 is 16.7 Å². The van der Waals surface area contributed by atoms with Crippen molar-refractivity contribution in [3.8, 4) is 11.5 Å². The highest BCUT2D eigenvalue weighted by molar-refractivity contribution is 7.80. The minimum Gasteiger partial charge on any atom is -0.496 e. The number of methoxy groups -OCH3 is 2. The van der Waals surface area contributed by atoms with Crippen LogP contribution in [-0.2, 0) is 9.59 Å². The molecular formula is C14H13N3O6S. The van der Waals surface area contributed by atoms with Crippen LogP contribution in [0.15, 0.2) is 17.7 Å². The fraction of sp³-hybridized carbons (Fsp3) is 0.214. The maximum Gasteiger partial charge on any atom is 0.311 e. The predicted molar refractivity (Wildman–Crippen MR) is 87.7 cm³/mol. The summed E-state index contributed by atoms with van der Waals surface area (Å²) >= 11 is 4.85. The molecule has 0 spiro atoms. The molecule has 1 aliphatic rings. The molecule has 9 nitrogen and oxygen atoms in total. The SMILES string of the molecule is COc1cc(OC)c([N+](=O)[O-])cc1C=C1C(=O)NC(=S)N(C)C1=O. The molecule has 2 amide bonds. The second-order valence-electron chi connectivity index (χ2n) is 4.70. The quantitative estimate of drug-likeness (QED) is 0.282. The van der Waals surface area contributed by atoms with Gasteiger partial charge in [0, 0.05) is 24.7 Å². The molecule has 126 valence electrons. The van der Waals surface area contributed by atoms with E-state index in [0.717, 1.165) is 11.0 Å². The molecule has 1 aliphatic heterocycles. The van der Waals surface area contributed by atoms with E-state index in [1.54, 1.807) is 0 Å². The van der Waals surface area contributed by atoms with Crippen molar-refractivity contribution < 1.29 is 24.0 Å². The summed E-state index contributed by atoms with van der Waals surface area (Å²) in [6, 6.07) is 2.47. The van der Waals surface area contributed by atoms with Crippen LogP contribution in [0.5, 0.6) is 11.5 Å². The summed E-state index contributed by atoms with van der Waals surface area (Å²) in [7, 11) is 4.05. The number of carbonyl (C=O) groups excluding carboxylic acids is 2. The van der Waals surface area contributed by atoms with Crippen molar-refractivity contribution in [1.29, 1.82) is 0 Å². The minimum atomic E-state index is -0.691. The number of ether oxygens (including phenoxy) is 2. The molecule has 1 aromatic rings. The van der Waals surface area contributed by atoms with Crippen LogP contribution in [0.1, 0.15) is 5.56 Å². The first-order chi connectivity index (χ1) is 11.3. The highest BCUT2D eigenvalue weighted by Crippen LogP contribution is 2.35. The van der Waals surface area contributed by atoms with E-state index in [4.69, 9.17) is 21.7 Å². The van der Waals surface area contributed by atoms with Gasteiger partial charge < -0.3 is 9.47 Å². The third-order valence-corrected chi connectivity index (χ3v) is 3.71. The second kappa shape index (κ2) is 6.62. The number of amides is 2. The molecule has 0 unspecified atom stereocenters. The monoisotopic (exact) mass is 351 g/mol. The molecule has 1 aromatic carbocycles. The van der Waals surface area contributed by atoms with E-state index in [1.165, 1.54) is 33.4 Å². The topological polar surface area (TPSA) is 111 Å². The van der Waals surface area contributed by atoms with E-state index in [1.807, 2.05) is 0 Å². The maximum absolute atomic E-state index is 12.2. The van der Waals surface area contributed by atoms with E-state index >= 15 is 0 Å². The lowest BCUT2D eigenvalue weighted by atomic mass is 10.1. The summed E-state index contributed by atoms with van der Waals surface area (Å²) in [5.41, 5.74) is -0.355. The number of nitrogens with one attached hydrogen (secondary N) is 1. The Morgan fingerprint density at radius 2 is 1.88 bits per heavy atom. The van der Waals surface area contributed by atoms with E-state index in [0.29, 0.717) is 0 Å². The Morgan fingerprint density at radius 1 is 1.25 bits per heavy atom. The summed E-state index contributed by atoms with van der Waals surface area (Å²) in [6.45, 7) is 0. The second-order valence-corrected chi connectivity index (χ2v) is 5.09. The van der Waals surface area contributed by atoms with Gasteiger partial charge in [0.05, 0.1) is 19.1 Å². The van der Waals surface area contributed by atoms with Crippen molar-refractivity contribution in [2.45, 2.75) is 0 Å². The van der Waals surface area contributed by atoms with Gasteiger partial charge in [-0.1, -0.05) is 0 Å². The summed E-state index contributed by atoms with van der Waals surface area (Å²) in [4.78, 5) is 35.8. The minimum absolute atomic E-state index is 0.00304. The average molecular weight is 351 g/mol. The Kier molecular flexibility index (Phi) is 4.79. The van der Waals surface area contributed by atoms with Crippen LogP contribution in [0.2, 0.25) is 0 Å². The molecule has 1 fully saturated rings. The Bertz CT molecular complexity index is 789. The molecular weight excluding hydrogens is 338 g/mol. The van der Waals surface area contributed by atoms with Gasteiger partial charge in [0.1, 0.15) is 11.3 Å². The molecule has 1 N–H and O–H groups in total. The van der Waals surface area contributed by atoms with Gasteiger partial charge in [0.15, 0.2) is 5.11 Å². The number of nitro benzene ring substituents is 1. The summed E-state index contributed by atoms with van der Waals surface area (Å²) in [5, 5.41) is 13.5. The third kappa shape index (κ3) is 3.04. The van der Waals surface area contributed by atoms with Crippen LogP contribution in [0.4, 0.5) is 5.69 Å². The number of likely N-dealkylation sites (N-methyl/N-ethyl adjacent to an activating group) is 1. The van der Waals surface area contributed by atoms with Gasteiger partial charge in [-0.3, -0.25) is 29.9 Å². The standard InChI is InChI=1S/C14H13N3O6S/c1-16-13(19)8(12(18)15-14(16)24)4-7-5-9(17(20)21)11(23-3)6-10(7)22-2/h4-6H,1-3H3,(H,15,18,24). The average Bonchev–Trinajstić information content (AvgIpc) is 2.55. The Morgan fingerprint density at radius 3 is 2.42 bits per heavy atom. The number of carbonyl (C=O) groups is 2. The molecule has 0 atom stereocenters. The van der Waals surface area contributed by atoms with E-state index in [-0.39, 0.29) is 33.4 Å². The van der Waals surface area contributed by atoms with Crippen molar-refractivity contribution in [3.05, 3.63) is 33.4 Å². The molecule has 0 aliphatic carbocycles. The first kappa shape index (κ1) is 17.3. The van der Waals surface area contributed by atoms with E-state index in [2.05, 4.69) is 5.32 Å². The number of hydrogen-bond donors (Lipinski definition) is 1. The van der Waals surface area contributed by atoms with Crippen LogP contribution in [0, 0.1) is 10.1 Å². The highest BCUT2D eigenvalue weighted by Gasteiger charge is 2.31. The number of nitro groups is 1. The molecule has 24 heavy (non-hydrogen) atoms. The van der Waals surface area contributed by atoms with Crippen LogP contribution in [0.3, 0.4) is 0 Å². The lowest BCUT2D eigenvalue weighted by Gasteiger charge is -2.25. The molecule has 2 rings (SSSR count). The summed E-state index contributed by atoms with van der Waals surface area (Å²) in [5.74, 6) is -1.11. The Hall–Kier alpha value is -3.01. The zero-order valence-corrected chi connectivity index (χ0v) is 13.8. The number of thiocarbonyl (C=S) groups is 1. The zero-order valence-electron chi connectivity index (χ0n) is 13.0. The lowest BCUT2D eigenvalue weighted by Crippen LogP contribution is -2.52. The first-order valence-corrected chi connectivity index (χ1v) is 6.96. The van der Waals surface area contributed by atoms with Gasteiger partial charge in [0.25, 0.3) is 11.8 Å². The van der Waals surface area contributed by atoms with Gasteiger partial charge in [-0.05, 0) is 18.3 Å². The fourth-order valence-electron chi connectivity index (χ4n) is 2.06. The number of hydrogen-bond acceptors (Lipinski definition) is 7. The molecule has 1 saturated heterocycles. The molecule has 1 heterocycles. The van der Waals surface area contributed by atoms with Crippen molar-refractivity contribution in [2.24, 2.45) is 0 Å². The number of nitrogens with zero attached hydrogens (tertiary/aromatic N) is 2. The molecule has 0 radical (unpaired) electrons. The van der Waals surface area contributed by atoms with Crippen LogP contribution in [-0.4, -0.2) is 48.0 Å². The molecule has 10 heteroatoms. The molecule has 0 saturated carbocycles. The van der Waals surface area contributed by atoms with Crippen LogP contribution < -0.4 is 14.8 Å². The van der Waals surface area contributed by atoms with Gasteiger partial charge in [-0.15, -0.1) is 0 Å². The van der Waals surface area contributed by atoms with Gasteiger partial charge >= 0.3 is 5.69 Å². The fourth-order valence-corrected chi connectivity index (χ4v) is 2.24. The summed E-state index contributed by atoms with van der Waals surface area (Å²) < 4.78 is 10.1. The van der Waals surface area contributed by atoms with Crippen molar-refractivity contribution >= 4 is 40.9 Å². The van der Waals surface area contributed by atoms with Gasteiger partial charge in [0.2, 0.25) is 5.75 Å². The predicted octanol–water partition coefficient (Wildman–Crippen LogP) is 0.868. The van der Waals surface area contributed by atoms with E-state index in [9.17, 15) is 19.7 Å². The van der Waals surface area contributed by atoms with Gasteiger partial charge in [-0.2, -0.15) is 0 Å². The molecule has 0 bridgehead atoms. The van der Waals surface area contributed by atoms with Crippen molar-refractivity contribution in [1.82, 2.24) is 10.2 Å². The van der Waals surface area contributed by atoms with Crippen LogP contribution >= 0.6 is 12.2 Å². The zero-order chi connectivity index (χ0) is 18.0. The van der Waals surface area contributed by atoms with Crippen molar-refractivity contribution in [3.63, 3.8) is 0 Å². The first-order valence-electron chi connectivity index (χ1n) is 6.55. The highest BCUT2D eigenvalue weighted by atomic mass is 32.1. The maximum atomic E-state index is 12.2. The number of rotatable bonds is 4. The largest absolute Gasteiger partial charge is 0.496 e. The Balaban J connectivity index is 2.61. The Labute approximate surface area is 142 Å². The third-order valence-electron chi connectivity index (χ3n) is 3.33. The van der Waals surface area contributed by atoms with Crippen LogP contribution in [0.25, 0.3) is 6.08 Å². The number of benzene rings is 1. The lowest BCUT2D eigenvalue weighted by molar-refractivity contribution is -0.385. The van der Waals surface area contributed by atoms with Crippen molar-refractivity contribution in [2.75, 3.05) is 21.3 Å². The molecule has 0 aromatic heterocycles. The smallest absolute Gasteiger partial charge is 0.311 e.